The number of aromatic nitrogens is 1. The van der Waals surface area contributed by atoms with E-state index in [9.17, 15) is 9.50 Å². The second-order valence-electron chi connectivity index (χ2n) is 5.22. The highest BCUT2D eigenvalue weighted by Crippen LogP contribution is 2.32. The quantitative estimate of drug-likeness (QED) is 0.896. The number of halogens is 1. The maximum absolute atomic E-state index is 13.3. The van der Waals surface area contributed by atoms with Crippen molar-refractivity contribution < 1.29 is 9.50 Å². The number of hydrogen-bond acceptors (Lipinski definition) is 2. The van der Waals surface area contributed by atoms with Gasteiger partial charge in [0.1, 0.15) is 11.4 Å². The SMILES string of the molecule is Cc1cc(C)c(C(C)(O)c2cncc(F)c2)cc1C. The van der Waals surface area contributed by atoms with E-state index in [1.165, 1.54) is 17.8 Å². The zero-order valence-corrected chi connectivity index (χ0v) is 11.7. The van der Waals surface area contributed by atoms with Crippen LogP contribution in [-0.4, -0.2) is 10.1 Å². The van der Waals surface area contributed by atoms with Gasteiger partial charge in [-0.2, -0.15) is 0 Å². The lowest BCUT2D eigenvalue weighted by Gasteiger charge is -2.27. The molecule has 0 spiro atoms. The van der Waals surface area contributed by atoms with E-state index >= 15 is 0 Å². The second kappa shape index (κ2) is 4.74. The number of hydrogen-bond donors (Lipinski definition) is 1. The van der Waals surface area contributed by atoms with Crippen molar-refractivity contribution in [3.05, 3.63) is 64.2 Å². The molecule has 19 heavy (non-hydrogen) atoms. The fraction of sp³-hybridized carbons (Fsp3) is 0.312. The summed E-state index contributed by atoms with van der Waals surface area (Å²) in [7, 11) is 0. The van der Waals surface area contributed by atoms with Gasteiger partial charge in [-0.05, 0) is 56.0 Å². The van der Waals surface area contributed by atoms with E-state index in [1.54, 1.807) is 6.92 Å². The van der Waals surface area contributed by atoms with E-state index in [2.05, 4.69) is 4.98 Å². The van der Waals surface area contributed by atoms with Crippen molar-refractivity contribution >= 4 is 0 Å². The van der Waals surface area contributed by atoms with E-state index in [-0.39, 0.29) is 0 Å². The third-order valence-corrected chi connectivity index (χ3v) is 3.63. The third kappa shape index (κ3) is 2.51. The number of aryl methyl sites for hydroxylation is 3. The zero-order chi connectivity index (χ0) is 14.2. The number of nitrogens with zero attached hydrogens (tertiary/aromatic N) is 1. The highest BCUT2D eigenvalue weighted by Gasteiger charge is 2.28. The Balaban J connectivity index is 2.59. The predicted molar refractivity (Wildman–Crippen MR) is 73.5 cm³/mol. The van der Waals surface area contributed by atoms with E-state index in [1.807, 2.05) is 32.9 Å². The monoisotopic (exact) mass is 259 g/mol. The first-order valence-electron chi connectivity index (χ1n) is 6.24. The van der Waals surface area contributed by atoms with Gasteiger partial charge in [0.2, 0.25) is 0 Å². The van der Waals surface area contributed by atoms with Crippen molar-refractivity contribution in [2.45, 2.75) is 33.3 Å². The lowest BCUT2D eigenvalue weighted by molar-refractivity contribution is 0.101. The van der Waals surface area contributed by atoms with E-state index in [0.29, 0.717) is 5.56 Å². The lowest BCUT2D eigenvalue weighted by Crippen LogP contribution is -2.24. The molecule has 0 radical (unpaired) electrons. The van der Waals surface area contributed by atoms with Crippen LogP contribution in [-0.2, 0) is 5.60 Å². The van der Waals surface area contributed by atoms with Gasteiger partial charge in [0, 0.05) is 11.8 Å². The largest absolute Gasteiger partial charge is 0.381 e. The highest BCUT2D eigenvalue weighted by molar-refractivity contribution is 5.43. The van der Waals surface area contributed by atoms with Crippen LogP contribution in [0.15, 0.2) is 30.6 Å². The Labute approximate surface area is 112 Å². The molecule has 0 amide bonds. The molecule has 0 bridgehead atoms. The molecule has 0 aliphatic rings. The fourth-order valence-corrected chi connectivity index (χ4v) is 2.32. The molecule has 0 aliphatic carbocycles. The molecule has 0 saturated carbocycles. The Morgan fingerprint density at radius 2 is 1.63 bits per heavy atom. The maximum Gasteiger partial charge on any atom is 0.141 e. The predicted octanol–water partition coefficient (Wildman–Crippen LogP) is 3.40. The van der Waals surface area contributed by atoms with Crippen LogP contribution in [0.1, 0.15) is 34.7 Å². The Bertz CT molecular complexity index is 620. The number of aliphatic hydroxyl groups is 1. The normalized spacial score (nSPS) is 14.2. The number of benzene rings is 1. The van der Waals surface area contributed by atoms with Crippen molar-refractivity contribution in [1.82, 2.24) is 4.98 Å². The molecule has 1 aromatic carbocycles. The topological polar surface area (TPSA) is 33.1 Å². The summed E-state index contributed by atoms with van der Waals surface area (Å²) >= 11 is 0. The molecule has 2 nitrogen and oxygen atoms in total. The maximum atomic E-state index is 13.3. The molecule has 2 aromatic rings. The molecule has 1 aromatic heterocycles. The van der Waals surface area contributed by atoms with Crippen LogP contribution in [0.5, 0.6) is 0 Å². The molecular formula is C16H18FNO. The smallest absolute Gasteiger partial charge is 0.141 e. The van der Waals surface area contributed by atoms with Gasteiger partial charge < -0.3 is 5.11 Å². The highest BCUT2D eigenvalue weighted by atomic mass is 19.1. The van der Waals surface area contributed by atoms with Crippen LogP contribution >= 0.6 is 0 Å². The summed E-state index contributed by atoms with van der Waals surface area (Å²) in [6.45, 7) is 7.65. The van der Waals surface area contributed by atoms with Gasteiger partial charge in [0.15, 0.2) is 0 Å². The first kappa shape index (κ1) is 13.7. The summed E-state index contributed by atoms with van der Waals surface area (Å²) < 4.78 is 13.3. The van der Waals surface area contributed by atoms with Crippen molar-refractivity contribution in [2.75, 3.05) is 0 Å². The lowest BCUT2D eigenvalue weighted by atomic mass is 9.84. The molecule has 1 N–H and O–H groups in total. The Kier molecular flexibility index (Phi) is 3.42. The van der Waals surface area contributed by atoms with Crippen molar-refractivity contribution in [3.63, 3.8) is 0 Å². The van der Waals surface area contributed by atoms with E-state index in [0.717, 1.165) is 22.9 Å². The third-order valence-electron chi connectivity index (χ3n) is 3.63. The van der Waals surface area contributed by atoms with Gasteiger partial charge in [-0.25, -0.2) is 4.39 Å². The van der Waals surface area contributed by atoms with Crippen molar-refractivity contribution in [1.29, 1.82) is 0 Å². The van der Waals surface area contributed by atoms with Gasteiger partial charge in [0.05, 0.1) is 6.20 Å². The van der Waals surface area contributed by atoms with Crippen LogP contribution in [0.3, 0.4) is 0 Å². The van der Waals surface area contributed by atoms with Crippen LogP contribution in [0.2, 0.25) is 0 Å². The van der Waals surface area contributed by atoms with Gasteiger partial charge in [-0.15, -0.1) is 0 Å². The van der Waals surface area contributed by atoms with Crippen LogP contribution in [0, 0.1) is 26.6 Å². The Hall–Kier alpha value is -1.74. The van der Waals surface area contributed by atoms with Gasteiger partial charge in [-0.3, -0.25) is 4.98 Å². The van der Waals surface area contributed by atoms with Crippen LogP contribution in [0.4, 0.5) is 4.39 Å². The molecular weight excluding hydrogens is 241 g/mol. The average molecular weight is 259 g/mol. The summed E-state index contributed by atoms with van der Waals surface area (Å²) in [5.41, 5.74) is 3.25. The summed E-state index contributed by atoms with van der Waals surface area (Å²) in [4.78, 5) is 3.81. The minimum absolute atomic E-state index is 0.445. The average Bonchev–Trinajstić information content (AvgIpc) is 2.33. The molecule has 1 heterocycles. The van der Waals surface area contributed by atoms with Crippen molar-refractivity contribution in [2.24, 2.45) is 0 Å². The van der Waals surface area contributed by atoms with E-state index in [4.69, 9.17) is 0 Å². The summed E-state index contributed by atoms with van der Waals surface area (Å²) in [6.07, 6.45) is 2.63. The summed E-state index contributed by atoms with van der Waals surface area (Å²) in [5.74, 6) is -0.445. The molecule has 1 atom stereocenters. The first-order valence-corrected chi connectivity index (χ1v) is 6.24. The summed E-state index contributed by atoms with van der Waals surface area (Å²) in [6, 6.07) is 5.31. The number of pyridine rings is 1. The molecule has 3 heteroatoms. The molecule has 0 aliphatic heterocycles. The Morgan fingerprint density at radius 1 is 1.00 bits per heavy atom. The van der Waals surface area contributed by atoms with Gasteiger partial charge >= 0.3 is 0 Å². The Morgan fingerprint density at radius 3 is 2.26 bits per heavy atom. The molecule has 1 unspecified atom stereocenters. The second-order valence-corrected chi connectivity index (χ2v) is 5.22. The van der Waals surface area contributed by atoms with Crippen LogP contribution in [0.25, 0.3) is 0 Å². The molecule has 2 rings (SSSR count). The molecule has 0 saturated heterocycles. The van der Waals surface area contributed by atoms with Crippen molar-refractivity contribution in [3.8, 4) is 0 Å². The summed E-state index contributed by atoms with van der Waals surface area (Å²) in [5, 5.41) is 10.8. The van der Waals surface area contributed by atoms with Crippen LogP contribution < -0.4 is 0 Å². The first-order chi connectivity index (χ1) is 8.82. The molecule has 100 valence electrons. The van der Waals surface area contributed by atoms with Gasteiger partial charge in [-0.1, -0.05) is 12.1 Å². The molecule has 0 fully saturated rings. The minimum Gasteiger partial charge on any atom is -0.381 e. The van der Waals surface area contributed by atoms with E-state index < -0.39 is 11.4 Å². The minimum atomic E-state index is -1.25. The zero-order valence-electron chi connectivity index (χ0n) is 11.7. The fourth-order valence-electron chi connectivity index (χ4n) is 2.32. The number of rotatable bonds is 2. The standard InChI is InChI=1S/C16H18FNO/c1-10-5-12(3)15(6-11(10)2)16(4,19)13-7-14(17)9-18-8-13/h5-9,19H,1-4H3. The van der Waals surface area contributed by atoms with Gasteiger partial charge in [0.25, 0.3) is 0 Å².